The normalized spacial score (nSPS) is 15.5. The van der Waals surface area contributed by atoms with Gasteiger partial charge in [-0.15, -0.1) is 0 Å². The number of rotatable bonds is 6. The predicted molar refractivity (Wildman–Crippen MR) is 104 cm³/mol. The fourth-order valence-corrected chi connectivity index (χ4v) is 3.54. The number of fused-ring (bicyclic) bond motifs is 2. The molecule has 9 nitrogen and oxygen atoms in total. The van der Waals surface area contributed by atoms with Crippen LogP contribution in [-0.2, 0) is 11.3 Å². The van der Waals surface area contributed by atoms with Crippen LogP contribution < -0.4 is 15.8 Å². The van der Waals surface area contributed by atoms with Gasteiger partial charge in [0, 0.05) is 31.0 Å². The van der Waals surface area contributed by atoms with Gasteiger partial charge < -0.3 is 14.5 Å². The number of nitro benzene ring substituents is 1. The number of hydrogen-bond donors (Lipinski definition) is 1. The maximum absolute atomic E-state index is 12.4. The summed E-state index contributed by atoms with van der Waals surface area (Å²) in [5.74, 6) is 0.0806. The molecule has 1 atom stereocenters. The first-order valence-electron chi connectivity index (χ1n) is 9.32. The number of aromatic nitrogens is 1. The number of para-hydroxylation sites is 1. The Bertz CT molecular complexity index is 1130. The second-order valence-electron chi connectivity index (χ2n) is 6.83. The molecule has 150 valence electrons. The number of ether oxygens (including phenoxy) is 1. The number of hydrogen-bond acceptors (Lipinski definition) is 6. The summed E-state index contributed by atoms with van der Waals surface area (Å²) in [5, 5.41) is 13.9. The summed E-state index contributed by atoms with van der Waals surface area (Å²) in [6.07, 6.45) is 1.38. The van der Waals surface area contributed by atoms with Crippen molar-refractivity contribution in [2.24, 2.45) is 0 Å². The Labute approximate surface area is 165 Å². The zero-order chi connectivity index (χ0) is 20.4. The molecule has 0 bridgehead atoms. The maximum Gasteiger partial charge on any atom is 0.419 e. The summed E-state index contributed by atoms with van der Waals surface area (Å²) in [7, 11) is 0. The van der Waals surface area contributed by atoms with E-state index in [2.05, 4.69) is 5.32 Å². The summed E-state index contributed by atoms with van der Waals surface area (Å²) < 4.78 is 12.1. The smallest absolute Gasteiger partial charge is 0.419 e. The summed E-state index contributed by atoms with van der Waals surface area (Å²) in [4.78, 5) is 34.7. The highest BCUT2D eigenvalue weighted by Crippen LogP contribution is 2.31. The number of carbonyl (C=O) groups excluding carboxylic acids is 1. The van der Waals surface area contributed by atoms with Crippen molar-refractivity contribution in [2.45, 2.75) is 31.8 Å². The third kappa shape index (κ3) is 3.84. The number of benzene rings is 2. The monoisotopic (exact) mass is 397 g/mol. The van der Waals surface area contributed by atoms with Gasteiger partial charge in [-0.05, 0) is 18.6 Å². The van der Waals surface area contributed by atoms with Gasteiger partial charge in [0.25, 0.3) is 5.69 Å². The lowest BCUT2D eigenvalue weighted by molar-refractivity contribution is -0.384. The zero-order valence-electron chi connectivity index (χ0n) is 15.5. The molecule has 29 heavy (non-hydrogen) atoms. The molecule has 1 amide bonds. The first-order chi connectivity index (χ1) is 14.0. The number of nitro groups is 1. The van der Waals surface area contributed by atoms with Crippen molar-refractivity contribution < 1.29 is 18.9 Å². The lowest BCUT2D eigenvalue weighted by Crippen LogP contribution is -2.32. The summed E-state index contributed by atoms with van der Waals surface area (Å²) >= 11 is 0. The third-order valence-corrected chi connectivity index (χ3v) is 4.94. The molecule has 0 radical (unpaired) electrons. The largest absolute Gasteiger partial charge is 0.493 e. The lowest BCUT2D eigenvalue weighted by Gasteiger charge is -2.26. The fraction of sp³-hybridized carbons (Fsp3) is 0.300. The molecule has 2 aromatic carbocycles. The second-order valence-corrected chi connectivity index (χ2v) is 6.83. The Morgan fingerprint density at radius 2 is 2.10 bits per heavy atom. The first kappa shape index (κ1) is 18.7. The minimum Gasteiger partial charge on any atom is -0.493 e. The van der Waals surface area contributed by atoms with E-state index in [1.54, 1.807) is 0 Å². The Kier molecular flexibility index (Phi) is 5.03. The van der Waals surface area contributed by atoms with Crippen LogP contribution in [-0.4, -0.2) is 22.0 Å². The molecular formula is C20H19N3O6. The number of amides is 1. The minimum atomic E-state index is -0.598. The summed E-state index contributed by atoms with van der Waals surface area (Å²) in [6, 6.07) is 11.6. The van der Waals surface area contributed by atoms with Gasteiger partial charge in [0.15, 0.2) is 5.58 Å². The maximum atomic E-state index is 12.4. The van der Waals surface area contributed by atoms with Gasteiger partial charge in [0.1, 0.15) is 5.75 Å². The third-order valence-electron chi connectivity index (χ3n) is 4.94. The Hall–Kier alpha value is -3.62. The van der Waals surface area contributed by atoms with E-state index in [-0.39, 0.29) is 36.2 Å². The topological polar surface area (TPSA) is 117 Å². The van der Waals surface area contributed by atoms with Crippen LogP contribution in [0.15, 0.2) is 51.7 Å². The van der Waals surface area contributed by atoms with Crippen molar-refractivity contribution in [1.82, 2.24) is 9.88 Å². The molecule has 3 aromatic rings. The van der Waals surface area contributed by atoms with Crippen molar-refractivity contribution in [2.75, 3.05) is 6.61 Å². The van der Waals surface area contributed by atoms with Crippen molar-refractivity contribution in [3.63, 3.8) is 0 Å². The van der Waals surface area contributed by atoms with E-state index in [1.165, 1.54) is 22.8 Å². The summed E-state index contributed by atoms with van der Waals surface area (Å²) in [5.41, 5.74) is 1.45. The fourth-order valence-electron chi connectivity index (χ4n) is 3.54. The highest BCUT2D eigenvalue weighted by molar-refractivity contribution is 5.77. The van der Waals surface area contributed by atoms with Gasteiger partial charge in [0.2, 0.25) is 5.91 Å². The Balaban J connectivity index is 1.38. The molecule has 0 saturated heterocycles. The van der Waals surface area contributed by atoms with Crippen LogP contribution in [0.1, 0.15) is 30.9 Å². The van der Waals surface area contributed by atoms with E-state index in [0.29, 0.717) is 25.0 Å². The van der Waals surface area contributed by atoms with Crippen LogP contribution >= 0.6 is 0 Å². The molecule has 1 N–H and O–H groups in total. The van der Waals surface area contributed by atoms with Crippen LogP contribution in [0.3, 0.4) is 0 Å². The molecule has 0 aliphatic carbocycles. The molecule has 0 fully saturated rings. The SMILES string of the molecule is O=C(CCCn1c(=O)oc2cc([N+](=O)[O-])ccc21)N[C@@H]1CCOc2ccccc21. The Morgan fingerprint density at radius 1 is 1.28 bits per heavy atom. The highest BCUT2D eigenvalue weighted by Gasteiger charge is 2.22. The highest BCUT2D eigenvalue weighted by atomic mass is 16.6. The molecule has 9 heteroatoms. The van der Waals surface area contributed by atoms with Crippen molar-refractivity contribution in [3.8, 4) is 5.75 Å². The molecule has 1 aromatic heterocycles. The molecule has 0 spiro atoms. The van der Waals surface area contributed by atoms with Gasteiger partial charge in [-0.25, -0.2) is 4.79 Å². The second kappa shape index (κ2) is 7.78. The number of nitrogens with zero attached hydrogens (tertiary/aromatic N) is 2. The van der Waals surface area contributed by atoms with E-state index in [9.17, 15) is 19.7 Å². The molecular weight excluding hydrogens is 378 g/mol. The Morgan fingerprint density at radius 3 is 2.93 bits per heavy atom. The minimum absolute atomic E-state index is 0.0922. The van der Waals surface area contributed by atoms with E-state index in [4.69, 9.17) is 9.15 Å². The quantitative estimate of drug-likeness (QED) is 0.505. The first-order valence-corrected chi connectivity index (χ1v) is 9.32. The number of nitrogens with one attached hydrogen (secondary N) is 1. The van der Waals surface area contributed by atoms with Gasteiger partial charge >= 0.3 is 5.76 Å². The van der Waals surface area contributed by atoms with E-state index in [1.807, 2.05) is 24.3 Å². The van der Waals surface area contributed by atoms with E-state index < -0.39 is 10.7 Å². The van der Waals surface area contributed by atoms with Crippen molar-refractivity contribution >= 4 is 22.7 Å². The van der Waals surface area contributed by atoms with Crippen LogP contribution in [0.5, 0.6) is 5.75 Å². The van der Waals surface area contributed by atoms with Crippen LogP contribution in [0.2, 0.25) is 0 Å². The number of non-ortho nitro benzene ring substituents is 1. The van der Waals surface area contributed by atoms with E-state index in [0.717, 1.165) is 11.3 Å². The molecule has 4 rings (SSSR count). The van der Waals surface area contributed by atoms with Gasteiger partial charge in [0.05, 0.1) is 29.2 Å². The van der Waals surface area contributed by atoms with Gasteiger partial charge in [-0.2, -0.15) is 0 Å². The molecule has 1 aliphatic heterocycles. The van der Waals surface area contributed by atoms with Crippen LogP contribution in [0.4, 0.5) is 5.69 Å². The van der Waals surface area contributed by atoms with Crippen LogP contribution in [0, 0.1) is 10.1 Å². The summed E-state index contributed by atoms with van der Waals surface area (Å²) in [6.45, 7) is 0.825. The van der Waals surface area contributed by atoms with Gasteiger partial charge in [-0.3, -0.25) is 19.5 Å². The lowest BCUT2D eigenvalue weighted by atomic mass is 10.0. The standard InChI is InChI=1S/C20H19N3O6/c24-19(21-15-9-11-28-17-5-2-1-4-14(15)17)6-3-10-22-16-8-7-13(23(26)27)12-18(16)29-20(22)25/h1-2,4-5,7-8,12,15H,3,6,9-11H2,(H,21,24)/t15-/m1/s1. The van der Waals surface area contributed by atoms with Crippen LogP contribution in [0.25, 0.3) is 11.1 Å². The average Bonchev–Trinajstić information content (AvgIpc) is 3.03. The van der Waals surface area contributed by atoms with Crippen molar-refractivity contribution in [3.05, 3.63) is 68.7 Å². The number of aryl methyl sites for hydroxylation is 1. The molecule has 1 aliphatic rings. The van der Waals surface area contributed by atoms with Crippen molar-refractivity contribution in [1.29, 1.82) is 0 Å². The number of oxazole rings is 1. The zero-order valence-corrected chi connectivity index (χ0v) is 15.5. The molecule has 2 heterocycles. The predicted octanol–water partition coefficient (Wildman–Crippen LogP) is 2.92. The van der Waals surface area contributed by atoms with Gasteiger partial charge in [-0.1, -0.05) is 18.2 Å². The molecule has 0 saturated carbocycles. The average molecular weight is 397 g/mol. The molecule has 0 unspecified atom stereocenters. The van der Waals surface area contributed by atoms with E-state index >= 15 is 0 Å². The number of carbonyl (C=O) groups is 1.